The Morgan fingerprint density at radius 1 is 0.733 bits per heavy atom. The Labute approximate surface area is 269 Å². The standard InChI is InChI=1S/C41H49FN3/c1-6-11-12-15-30-45-38-17-14-13-16-37(38)40(41(45)33-18-24-34(42)25-19-33)39(31-20-26-35(27-21-31)43(7-2)8-3)32-22-28-36(29-23-32)44(9-4)10-5/h13-14,16-29H,6-12,15,30H2,1-5H3/q+1. The van der Waals surface area contributed by atoms with E-state index in [2.05, 4.69) is 121 Å². The van der Waals surface area contributed by atoms with E-state index in [1.165, 1.54) is 63.8 Å². The number of nitrogens with zero attached hydrogens (tertiary/aromatic N) is 3. The van der Waals surface area contributed by atoms with Gasteiger partial charge in [-0.1, -0.05) is 56.5 Å². The van der Waals surface area contributed by atoms with Gasteiger partial charge in [-0.15, -0.1) is 0 Å². The molecule has 0 spiro atoms. The molecule has 1 heterocycles. The number of fused-ring (bicyclic) bond motifs is 1. The predicted molar refractivity (Wildman–Crippen MR) is 192 cm³/mol. The van der Waals surface area contributed by atoms with Crippen LogP contribution in [0.5, 0.6) is 0 Å². The van der Waals surface area contributed by atoms with E-state index in [-0.39, 0.29) is 5.82 Å². The molecule has 0 aliphatic heterocycles. The maximum absolute atomic E-state index is 14.3. The van der Waals surface area contributed by atoms with Gasteiger partial charge in [-0.3, -0.25) is 0 Å². The van der Waals surface area contributed by atoms with Gasteiger partial charge in [0.2, 0.25) is 0 Å². The lowest BCUT2D eigenvalue weighted by molar-refractivity contribution is -0.519. The lowest BCUT2D eigenvalue weighted by Gasteiger charge is -2.22. The molecule has 0 radical (unpaired) electrons. The van der Waals surface area contributed by atoms with Crippen molar-refractivity contribution in [1.29, 1.82) is 0 Å². The first-order valence-electron chi connectivity index (χ1n) is 17.0. The number of unbranched alkanes of at least 4 members (excludes halogenated alkanes) is 3. The van der Waals surface area contributed by atoms with E-state index in [4.69, 9.17) is 0 Å². The van der Waals surface area contributed by atoms with Crippen molar-refractivity contribution >= 4 is 27.9 Å². The third-order valence-corrected chi connectivity index (χ3v) is 9.14. The van der Waals surface area contributed by atoms with E-state index in [9.17, 15) is 4.39 Å². The molecule has 0 saturated heterocycles. The Morgan fingerprint density at radius 3 is 2.02 bits per heavy atom. The van der Waals surface area contributed by atoms with Crippen LogP contribution >= 0.6 is 0 Å². The SMILES string of the molecule is CCCCCCn1c(-c2ccc(F)cc2)c(C(=C2C=CC(=[N+](CC)CC)C=C2)c2ccc(N(CC)CC)cc2)c2ccccc21. The Bertz CT molecular complexity index is 1690. The molecule has 1 aromatic heterocycles. The van der Waals surface area contributed by atoms with Crippen LogP contribution in [0.4, 0.5) is 10.1 Å². The zero-order valence-electron chi connectivity index (χ0n) is 27.8. The van der Waals surface area contributed by atoms with Crippen LogP contribution in [-0.4, -0.2) is 41.0 Å². The monoisotopic (exact) mass is 602 g/mol. The summed E-state index contributed by atoms with van der Waals surface area (Å²) in [6.07, 6.45) is 13.8. The van der Waals surface area contributed by atoms with Crippen molar-refractivity contribution in [3.8, 4) is 11.3 Å². The average Bonchev–Trinajstić information content (AvgIpc) is 3.39. The summed E-state index contributed by atoms with van der Waals surface area (Å²) in [5.74, 6) is -0.214. The van der Waals surface area contributed by atoms with Crippen molar-refractivity contribution in [2.75, 3.05) is 31.1 Å². The Hall–Kier alpha value is -4.18. The fourth-order valence-electron chi connectivity index (χ4n) is 6.70. The minimum Gasteiger partial charge on any atom is -0.372 e. The quantitative estimate of drug-likeness (QED) is 0.109. The van der Waals surface area contributed by atoms with Gasteiger partial charge in [0, 0.05) is 53.9 Å². The highest BCUT2D eigenvalue weighted by Gasteiger charge is 2.25. The summed E-state index contributed by atoms with van der Waals surface area (Å²) < 4.78 is 19.2. The van der Waals surface area contributed by atoms with Gasteiger partial charge in [0.25, 0.3) is 0 Å². The molecule has 0 fully saturated rings. The smallest absolute Gasteiger partial charge is 0.199 e. The molecular weight excluding hydrogens is 553 g/mol. The average molecular weight is 603 g/mol. The van der Waals surface area contributed by atoms with Crippen LogP contribution in [0.2, 0.25) is 0 Å². The molecule has 4 aromatic rings. The van der Waals surface area contributed by atoms with Crippen molar-refractivity contribution in [1.82, 2.24) is 4.57 Å². The summed E-state index contributed by atoms with van der Waals surface area (Å²) in [7, 11) is 0. The first-order valence-corrected chi connectivity index (χ1v) is 17.0. The number of anilines is 1. The molecule has 3 aromatic carbocycles. The molecule has 0 saturated carbocycles. The van der Waals surface area contributed by atoms with E-state index in [1.54, 1.807) is 12.1 Å². The highest BCUT2D eigenvalue weighted by atomic mass is 19.1. The second-order valence-corrected chi connectivity index (χ2v) is 11.8. The summed E-state index contributed by atoms with van der Waals surface area (Å²) in [6, 6.07) is 24.9. The lowest BCUT2D eigenvalue weighted by atomic mass is 9.87. The summed E-state index contributed by atoms with van der Waals surface area (Å²) in [5.41, 5.74) is 10.7. The van der Waals surface area contributed by atoms with E-state index in [0.29, 0.717) is 0 Å². The van der Waals surface area contributed by atoms with Crippen LogP contribution in [0.3, 0.4) is 0 Å². The second-order valence-electron chi connectivity index (χ2n) is 11.8. The largest absolute Gasteiger partial charge is 0.372 e. The molecule has 0 bridgehead atoms. The zero-order valence-corrected chi connectivity index (χ0v) is 27.8. The minimum absolute atomic E-state index is 0.214. The third-order valence-electron chi connectivity index (χ3n) is 9.14. The first-order chi connectivity index (χ1) is 22.0. The van der Waals surface area contributed by atoms with Gasteiger partial charge < -0.3 is 9.47 Å². The van der Waals surface area contributed by atoms with Gasteiger partial charge in [0.15, 0.2) is 5.71 Å². The van der Waals surface area contributed by atoms with Crippen molar-refractivity contribution in [3.05, 3.63) is 120 Å². The lowest BCUT2D eigenvalue weighted by Crippen LogP contribution is -2.21. The van der Waals surface area contributed by atoms with Crippen LogP contribution in [0.25, 0.3) is 27.7 Å². The van der Waals surface area contributed by atoms with Gasteiger partial charge >= 0.3 is 0 Å². The number of aryl methyl sites for hydroxylation is 1. The molecular formula is C41H49FN3+. The van der Waals surface area contributed by atoms with Crippen molar-refractivity contribution in [3.63, 3.8) is 0 Å². The Balaban J connectivity index is 1.81. The number of rotatable bonds is 13. The van der Waals surface area contributed by atoms with Gasteiger partial charge in [-0.25, -0.2) is 8.97 Å². The third kappa shape index (κ3) is 6.91. The Kier molecular flexibility index (Phi) is 10.9. The highest BCUT2D eigenvalue weighted by Crippen LogP contribution is 2.43. The fourth-order valence-corrected chi connectivity index (χ4v) is 6.70. The molecule has 3 nitrogen and oxygen atoms in total. The molecule has 0 amide bonds. The number of aromatic nitrogens is 1. The van der Waals surface area contributed by atoms with E-state index in [0.717, 1.165) is 50.4 Å². The number of para-hydroxylation sites is 1. The second kappa shape index (κ2) is 15.2. The number of hydrogen-bond donors (Lipinski definition) is 0. The van der Waals surface area contributed by atoms with Crippen molar-refractivity contribution in [2.24, 2.45) is 0 Å². The van der Waals surface area contributed by atoms with Crippen molar-refractivity contribution in [2.45, 2.75) is 66.8 Å². The van der Waals surface area contributed by atoms with E-state index >= 15 is 0 Å². The van der Waals surface area contributed by atoms with Crippen LogP contribution < -0.4 is 4.90 Å². The van der Waals surface area contributed by atoms with Crippen LogP contribution in [0, 0.1) is 5.82 Å². The number of allylic oxidation sites excluding steroid dienone is 5. The van der Waals surface area contributed by atoms with Gasteiger partial charge in [0.1, 0.15) is 18.9 Å². The molecule has 234 valence electrons. The summed E-state index contributed by atoms with van der Waals surface area (Å²) in [4.78, 5) is 2.38. The van der Waals surface area contributed by atoms with Gasteiger partial charge in [-0.2, -0.15) is 0 Å². The molecule has 45 heavy (non-hydrogen) atoms. The van der Waals surface area contributed by atoms with Crippen molar-refractivity contribution < 1.29 is 8.97 Å². The fraction of sp³-hybridized carbons (Fsp3) is 0.341. The van der Waals surface area contributed by atoms with E-state index < -0.39 is 0 Å². The maximum Gasteiger partial charge on any atom is 0.199 e. The number of benzene rings is 3. The number of halogens is 1. The Morgan fingerprint density at radius 2 is 1.40 bits per heavy atom. The first kappa shape index (κ1) is 32.2. The van der Waals surface area contributed by atoms with E-state index in [1.807, 2.05) is 12.1 Å². The molecule has 1 aliphatic rings. The predicted octanol–water partition coefficient (Wildman–Crippen LogP) is 10.3. The number of hydrogen-bond acceptors (Lipinski definition) is 1. The van der Waals surface area contributed by atoms with Crippen LogP contribution in [0.1, 0.15) is 71.4 Å². The molecule has 1 aliphatic carbocycles. The van der Waals surface area contributed by atoms with Crippen LogP contribution in [0.15, 0.2) is 103 Å². The van der Waals surface area contributed by atoms with Crippen LogP contribution in [-0.2, 0) is 6.54 Å². The topological polar surface area (TPSA) is 11.2 Å². The van der Waals surface area contributed by atoms with Gasteiger partial charge in [0.05, 0.1) is 5.69 Å². The summed E-state index contributed by atoms with van der Waals surface area (Å²) in [6.45, 7) is 15.9. The molecule has 5 rings (SSSR count). The molecule has 0 unspecified atom stereocenters. The summed E-state index contributed by atoms with van der Waals surface area (Å²) in [5, 5.41) is 1.22. The minimum atomic E-state index is -0.214. The summed E-state index contributed by atoms with van der Waals surface area (Å²) >= 11 is 0. The zero-order chi connectivity index (χ0) is 31.8. The molecule has 0 N–H and O–H groups in total. The van der Waals surface area contributed by atoms with Gasteiger partial charge in [-0.05, 0) is 111 Å². The normalized spacial score (nSPS) is 12.8. The molecule has 4 heteroatoms. The highest BCUT2D eigenvalue weighted by molar-refractivity contribution is 6.08. The maximum atomic E-state index is 14.3. The molecule has 0 atom stereocenters.